The number of ether oxygens (including phenoxy) is 1. The molecule has 12 heteroatoms. The second-order valence-corrected chi connectivity index (χ2v) is 11.5. The molecule has 11 nitrogen and oxygen atoms in total. The van der Waals surface area contributed by atoms with Gasteiger partial charge in [-0.2, -0.15) is 5.10 Å². The predicted molar refractivity (Wildman–Crippen MR) is 160 cm³/mol. The Morgan fingerprint density at radius 3 is 2.93 bits per heavy atom. The summed E-state index contributed by atoms with van der Waals surface area (Å²) in [6.45, 7) is 2.41. The topological polar surface area (TPSA) is 129 Å². The molecular weight excluding hydrogens is 554 g/mol. The molecule has 1 saturated heterocycles. The normalized spacial score (nSPS) is 19.5. The van der Waals surface area contributed by atoms with Crippen LogP contribution >= 0.6 is 11.3 Å². The van der Waals surface area contributed by atoms with Crippen LogP contribution < -0.4 is 5.32 Å². The number of nitrogens with one attached hydrogen (secondary N) is 2. The summed E-state index contributed by atoms with van der Waals surface area (Å²) in [4.78, 5) is 39.1. The maximum absolute atomic E-state index is 13.6. The zero-order valence-corrected chi connectivity index (χ0v) is 23.8. The number of amides is 2. The van der Waals surface area contributed by atoms with Crippen LogP contribution in [0.5, 0.6) is 0 Å². The average Bonchev–Trinajstić information content (AvgIpc) is 3.83. The van der Waals surface area contributed by atoms with Crippen molar-refractivity contribution in [3.05, 3.63) is 65.4 Å². The molecule has 1 aromatic carbocycles. The van der Waals surface area contributed by atoms with Gasteiger partial charge in [-0.3, -0.25) is 24.6 Å². The molecule has 5 aromatic rings. The summed E-state index contributed by atoms with van der Waals surface area (Å²) in [5.74, 6) is 0.421. The smallest absolute Gasteiger partial charge is 0.258 e. The fraction of sp³-hybridized carbons (Fsp3) is 0.300. The summed E-state index contributed by atoms with van der Waals surface area (Å²) in [7, 11) is 1.55. The number of anilines is 1. The van der Waals surface area contributed by atoms with Gasteiger partial charge in [-0.25, -0.2) is 4.98 Å². The molecule has 2 amide bonds. The summed E-state index contributed by atoms with van der Waals surface area (Å²) < 4.78 is 11.8. The van der Waals surface area contributed by atoms with Gasteiger partial charge in [-0.1, -0.05) is 6.08 Å². The Morgan fingerprint density at radius 1 is 1.21 bits per heavy atom. The van der Waals surface area contributed by atoms with Crippen molar-refractivity contribution >= 4 is 56.3 Å². The highest BCUT2D eigenvalue weighted by Crippen LogP contribution is 2.33. The largest absolute Gasteiger partial charge is 0.454 e. The number of nitrogens with zero attached hydrogens (tertiary/aromatic N) is 5. The van der Waals surface area contributed by atoms with Crippen LogP contribution in [0.4, 0.5) is 5.69 Å². The molecule has 0 saturated carbocycles. The standard InChI is InChI=1S/C30H29N7O4S/c1-40-30(7-12-36(18-30)17-26(38)37-10-5-19(6-11-37)28-32-9-13-42-28)29(39)33-21-2-3-23-22(15-21)27(35-34-23)25-14-20-16-31-8-4-24(20)41-25/h2-5,8-9,13-16H,6-7,10-12,17-18H2,1H3,(H,33,39)(H,34,35)/t30-/m0/s1. The highest BCUT2D eigenvalue weighted by atomic mass is 32.1. The van der Waals surface area contributed by atoms with E-state index in [0.717, 1.165) is 33.3 Å². The number of carbonyl (C=O) groups excluding carboxylic acids is 2. The number of methoxy groups -OCH3 is 1. The highest BCUT2D eigenvalue weighted by molar-refractivity contribution is 7.10. The van der Waals surface area contributed by atoms with Gasteiger partial charge in [0.1, 0.15) is 16.3 Å². The second kappa shape index (κ2) is 10.8. The molecule has 6 heterocycles. The van der Waals surface area contributed by atoms with Crippen molar-refractivity contribution < 1.29 is 18.7 Å². The first-order chi connectivity index (χ1) is 20.5. The van der Waals surface area contributed by atoms with Crippen LogP contribution in [-0.2, 0) is 14.3 Å². The van der Waals surface area contributed by atoms with Gasteiger partial charge in [0.15, 0.2) is 11.4 Å². The summed E-state index contributed by atoms with van der Waals surface area (Å²) >= 11 is 1.62. The Labute approximate surface area is 245 Å². The quantitative estimate of drug-likeness (QED) is 0.292. The summed E-state index contributed by atoms with van der Waals surface area (Å²) in [5.41, 5.74) is 2.95. The van der Waals surface area contributed by atoms with E-state index in [-0.39, 0.29) is 18.4 Å². The van der Waals surface area contributed by atoms with E-state index in [1.807, 2.05) is 45.5 Å². The number of fused-ring (bicyclic) bond motifs is 2. The Bertz CT molecular complexity index is 1780. The minimum atomic E-state index is -1.06. The van der Waals surface area contributed by atoms with Crippen LogP contribution in [0, 0.1) is 0 Å². The maximum Gasteiger partial charge on any atom is 0.258 e. The molecule has 0 unspecified atom stereocenters. The number of H-pyrrole nitrogens is 1. The average molecular weight is 584 g/mol. The fourth-order valence-electron chi connectivity index (χ4n) is 5.73. The molecule has 0 spiro atoms. The van der Waals surface area contributed by atoms with Gasteiger partial charge in [0.25, 0.3) is 5.91 Å². The lowest BCUT2D eigenvalue weighted by atomic mass is 10.0. The number of likely N-dealkylation sites (tertiary alicyclic amines) is 1. The summed E-state index contributed by atoms with van der Waals surface area (Å²) in [6.07, 6.45) is 8.60. The van der Waals surface area contributed by atoms with E-state index in [0.29, 0.717) is 49.7 Å². The molecule has 42 heavy (non-hydrogen) atoms. The minimum Gasteiger partial charge on any atom is -0.454 e. The molecule has 0 aliphatic carbocycles. The van der Waals surface area contributed by atoms with E-state index in [2.05, 4.69) is 31.6 Å². The van der Waals surface area contributed by atoms with Crippen LogP contribution in [0.3, 0.4) is 0 Å². The maximum atomic E-state index is 13.6. The summed E-state index contributed by atoms with van der Waals surface area (Å²) in [5, 5.41) is 15.2. The van der Waals surface area contributed by atoms with Crippen molar-refractivity contribution in [2.24, 2.45) is 0 Å². The monoisotopic (exact) mass is 583 g/mol. The number of carbonyl (C=O) groups is 2. The number of aromatic nitrogens is 4. The third-order valence-corrected chi connectivity index (χ3v) is 8.96. The lowest BCUT2D eigenvalue weighted by Gasteiger charge is -2.29. The first-order valence-corrected chi connectivity index (χ1v) is 14.7. The highest BCUT2D eigenvalue weighted by Gasteiger charge is 2.45. The number of rotatable bonds is 7. The van der Waals surface area contributed by atoms with Crippen LogP contribution in [0.25, 0.3) is 38.9 Å². The zero-order chi connectivity index (χ0) is 28.7. The molecule has 0 bridgehead atoms. The third kappa shape index (κ3) is 4.87. The van der Waals surface area contributed by atoms with Gasteiger partial charge in [-0.15, -0.1) is 11.3 Å². The Balaban J connectivity index is 1.02. The number of pyridine rings is 1. The second-order valence-electron chi connectivity index (χ2n) is 10.6. The molecule has 2 N–H and O–H groups in total. The number of hydrogen-bond donors (Lipinski definition) is 2. The Morgan fingerprint density at radius 2 is 2.14 bits per heavy atom. The number of aromatic amines is 1. The van der Waals surface area contributed by atoms with Gasteiger partial charge in [0.05, 0.1) is 12.1 Å². The SMILES string of the molecule is CO[C@@]1(C(=O)Nc2ccc3[nH]nc(-c4cc5cnccc5o4)c3c2)CCN(CC(=O)N2CC=C(c3nccs3)CC2)C1. The lowest BCUT2D eigenvalue weighted by molar-refractivity contribution is -0.138. The van der Waals surface area contributed by atoms with E-state index in [1.54, 1.807) is 37.0 Å². The number of hydrogen-bond acceptors (Lipinski definition) is 9. The first kappa shape index (κ1) is 26.5. The van der Waals surface area contributed by atoms with Crippen LogP contribution in [0.1, 0.15) is 17.8 Å². The van der Waals surface area contributed by atoms with E-state index in [1.165, 1.54) is 5.57 Å². The van der Waals surface area contributed by atoms with Crippen LogP contribution in [-0.4, -0.2) is 87.2 Å². The van der Waals surface area contributed by atoms with E-state index >= 15 is 0 Å². The molecule has 1 atom stereocenters. The van der Waals surface area contributed by atoms with Crippen molar-refractivity contribution in [1.29, 1.82) is 0 Å². The molecule has 2 aliphatic rings. The molecule has 4 aromatic heterocycles. The van der Waals surface area contributed by atoms with Gasteiger partial charge < -0.3 is 19.4 Å². The first-order valence-electron chi connectivity index (χ1n) is 13.8. The molecular formula is C30H29N7O4S. The predicted octanol–water partition coefficient (Wildman–Crippen LogP) is 4.17. The minimum absolute atomic E-state index is 0.0519. The van der Waals surface area contributed by atoms with Gasteiger partial charge in [0.2, 0.25) is 5.91 Å². The van der Waals surface area contributed by atoms with Crippen molar-refractivity contribution in [2.45, 2.75) is 18.4 Å². The van der Waals surface area contributed by atoms with Crippen molar-refractivity contribution in [1.82, 2.24) is 30.0 Å². The zero-order valence-electron chi connectivity index (χ0n) is 23.0. The molecule has 7 rings (SSSR count). The number of benzene rings is 1. The lowest BCUT2D eigenvalue weighted by Crippen LogP contribution is -2.48. The Hall–Kier alpha value is -4.39. The van der Waals surface area contributed by atoms with Crippen molar-refractivity contribution in [2.75, 3.05) is 45.2 Å². The summed E-state index contributed by atoms with van der Waals surface area (Å²) in [6, 6.07) is 9.29. The van der Waals surface area contributed by atoms with E-state index in [9.17, 15) is 9.59 Å². The van der Waals surface area contributed by atoms with Gasteiger partial charge >= 0.3 is 0 Å². The third-order valence-electron chi connectivity index (χ3n) is 8.11. The van der Waals surface area contributed by atoms with Gasteiger partial charge in [0, 0.05) is 73.7 Å². The molecule has 214 valence electrons. The Kier molecular flexibility index (Phi) is 6.81. The van der Waals surface area contributed by atoms with E-state index in [4.69, 9.17) is 9.15 Å². The van der Waals surface area contributed by atoms with Gasteiger partial charge in [-0.05, 0) is 48.7 Å². The molecule has 2 aliphatic heterocycles. The number of furan rings is 1. The van der Waals surface area contributed by atoms with E-state index < -0.39 is 5.60 Å². The van der Waals surface area contributed by atoms with Crippen molar-refractivity contribution in [3.8, 4) is 11.5 Å². The van der Waals surface area contributed by atoms with Crippen molar-refractivity contribution in [3.63, 3.8) is 0 Å². The fourth-order valence-corrected chi connectivity index (χ4v) is 6.44. The van der Waals surface area contributed by atoms with Crippen LogP contribution in [0.2, 0.25) is 0 Å². The molecule has 0 radical (unpaired) electrons. The number of thiazole rings is 1. The van der Waals surface area contributed by atoms with Crippen LogP contribution in [0.15, 0.2) is 64.8 Å². The molecule has 1 fully saturated rings.